The zero-order valence-electron chi connectivity index (χ0n) is 10.1. The number of hydrogen-bond acceptors (Lipinski definition) is 3. The van der Waals surface area contributed by atoms with Crippen LogP contribution in [0.3, 0.4) is 0 Å². The second kappa shape index (κ2) is 4.05. The summed E-state index contributed by atoms with van der Waals surface area (Å²) < 4.78 is 33.1. The molecule has 0 atom stereocenters. The molecule has 0 bridgehead atoms. The molecule has 1 aromatic heterocycles. The van der Waals surface area contributed by atoms with Crippen molar-refractivity contribution in [2.45, 2.75) is 6.92 Å². The summed E-state index contributed by atoms with van der Waals surface area (Å²) in [5.74, 6) is -1.46. The first-order chi connectivity index (χ1) is 9.06. The minimum Gasteiger partial charge on any atom is -0.436 e. The summed E-state index contributed by atoms with van der Waals surface area (Å²) in [5, 5.41) is 0. The molecule has 2 N–H and O–H groups in total. The number of fused-ring (bicyclic) bond motifs is 1. The van der Waals surface area contributed by atoms with E-state index in [2.05, 4.69) is 4.98 Å². The topological polar surface area (TPSA) is 52.0 Å². The van der Waals surface area contributed by atoms with Crippen molar-refractivity contribution >= 4 is 16.8 Å². The molecular formula is C14H10F2N2O. The summed E-state index contributed by atoms with van der Waals surface area (Å²) in [5.41, 5.74) is 7.10. The Morgan fingerprint density at radius 1 is 1.16 bits per heavy atom. The number of nitrogen functional groups attached to an aromatic ring is 1. The fraction of sp³-hybridized carbons (Fsp3) is 0.0714. The third kappa shape index (κ3) is 1.83. The lowest BCUT2D eigenvalue weighted by molar-refractivity contribution is 0.557. The number of rotatable bonds is 1. The zero-order valence-corrected chi connectivity index (χ0v) is 10.1. The molecule has 2 aromatic carbocycles. The molecule has 0 unspecified atom stereocenters. The van der Waals surface area contributed by atoms with Gasteiger partial charge in [-0.15, -0.1) is 0 Å². The lowest BCUT2D eigenvalue weighted by atomic mass is 10.1. The summed E-state index contributed by atoms with van der Waals surface area (Å²) in [6, 6.07) is 7.42. The fourth-order valence-corrected chi connectivity index (χ4v) is 1.90. The minimum atomic E-state index is -0.706. The number of halogens is 2. The van der Waals surface area contributed by atoms with Gasteiger partial charge in [-0.1, -0.05) is 6.07 Å². The minimum absolute atomic E-state index is 0.0840. The number of aromatic nitrogens is 1. The first-order valence-electron chi connectivity index (χ1n) is 5.67. The molecule has 3 aromatic rings. The van der Waals surface area contributed by atoms with E-state index >= 15 is 0 Å². The fourth-order valence-electron chi connectivity index (χ4n) is 1.90. The van der Waals surface area contributed by atoms with Gasteiger partial charge >= 0.3 is 0 Å². The predicted octanol–water partition coefficient (Wildman–Crippen LogP) is 3.66. The third-order valence-electron chi connectivity index (χ3n) is 2.91. The van der Waals surface area contributed by atoms with Gasteiger partial charge in [-0.2, -0.15) is 0 Å². The SMILES string of the molecule is Cc1ccc(F)c(-c2nc3ccc(N)cc3o2)c1F. The van der Waals surface area contributed by atoms with Crippen molar-refractivity contribution in [2.24, 2.45) is 0 Å². The van der Waals surface area contributed by atoms with Crippen molar-refractivity contribution in [3.63, 3.8) is 0 Å². The Balaban J connectivity index is 2.27. The van der Waals surface area contributed by atoms with Crippen LogP contribution in [0.5, 0.6) is 0 Å². The second-order valence-corrected chi connectivity index (χ2v) is 4.30. The molecule has 0 aliphatic carbocycles. The van der Waals surface area contributed by atoms with Gasteiger partial charge in [0, 0.05) is 11.8 Å². The van der Waals surface area contributed by atoms with Crippen LogP contribution in [0.15, 0.2) is 34.7 Å². The van der Waals surface area contributed by atoms with Crippen molar-refractivity contribution in [1.82, 2.24) is 4.98 Å². The molecule has 0 fully saturated rings. The highest BCUT2D eigenvalue weighted by Crippen LogP contribution is 2.30. The van der Waals surface area contributed by atoms with E-state index in [1.807, 2.05) is 0 Å². The molecule has 0 saturated heterocycles. The molecule has 5 heteroatoms. The number of nitrogens with two attached hydrogens (primary N) is 1. The van der Waals surface area contributed by atoms with Crippen LogP contribution in [-0.2, 0) is 0 Å². The maximum absolute atomic E-state index is 14.0. The summed E-state index contributed by atoms with van der Waals surface area (Å²) in [6.45, 7) is 1.55. The highest BCUT2D eigenvalue weighted by molar-refractivity contribution is 5.79. The molecule has 0 aliphatic rings. The number of hydrogen-bond donors (Lipinski definition) is 1. The third-order valence-corrected chi connectivity index (χ3v) is 2.91. The van der Waals surface area contributed by atoms with Crippen LogP contribution in [-0.4, -0.2) is 4.98 Å². The van der Waals surface area contributed by atoms with Gasteiger partial charge in [0.05, 0.1) is 0 Å². The summed E-state index contributed by atoms with van der Waals surface area (Å²) in [7, 11) is 0. The maximum Gasteiger partial charge on any atom is 0.233 e. The second-order valence-electron chi connectivity index (χ2n) is 4.30. The lowest BCUT2D eigenvalue weighted by Gasteiger charge is -2.02. The monoisotopic (exact) mass is 260 g/mol. The van der Waals surface area contributed by atoms with Gasteiger partial charge in [-0.25, -0.2) is 13.8 Å². The molecule has 19 heavy (non-hydrogen) atoms. The smallest absolute Gasteiger partial charge is 0.233 e. The van der Waals surface area contributed by atoms with Crippen LogP contribution >= 0.6 is 0 Å². The summed E-state index contributed by atoms with van der Waals surface area (Å²) in [6.07, 6.45) is 0. The number of benzene rings is 2. The average Bonchev–Trinajstić information content (AvgIpc) is 2.77. The molecule has 96 valence electrons. The van der Waals surface area contributed by atoms with E-state index in [0.29, 0.717) is 22.4 Å². The van der Waals surface area contributed by atoms with Crippen molar-refractivity contribution < 1.29 is 13.2 Å². The van der Waals surface area contributed by atoms with Crippen LogP contribution < -0.4 is 5.73 Å². The Morgan fingerprint density at radius 3 is 2.74 bits per heavy atom. The summed E-state index contributed by atoms with van der Waals surface area (Å²) >= 11 is 0. The molecule has 3 rings (SSSR count). The van der Waals surface area contributed by atoms with Gasteiger partial charge in [-0.3, -0.25) is 0 Å². The van der Waals surface area contributed by atoms with Crippen molar-refractivity contribution in [3.05, 3.63) is 47.5 Å². The molecule has 1 heterocycles. The molecule has 0 saturated carbocycles. The Labute approximate surface area is 107 Å². The predicted molar refractivity (Wildman–Crippen MR) is 68.5 cm³/mol. The number of nitrogens with zero attached hydrogens (tertiary/aromatic N) is 1. The Kier molecular flexibility index (Phi) is 2.48. The first-order valence-corrected chi connectivity index (χ1v) is 5.67. The van der Waals surface area contributed by atoms with Gasteiger partial charge < -0.3 is 10.2 Å². The normalized spacial score (nSPS) is 11.1. The molecule has 0 aliphatic heterocycles. The van der Waals surface area contributed by atoms with Crippen LogP contribution in [0.2, 0.25) is 0 Å². The zero-order chi connectivity index (χ0) is 13.6. The number of anilines is 1. The molecule has 0 radical (unpaired) electrons. The quantitative estimate of drug-likeness (QED) is 0.679. The summed E-state index contributed by atoms with van der Waals surface area (Å²) in [4.78, 5) is 4.08. The van der Waals surface area contributed by atoms with Crippen LogP contribution in [0.25, 0.3) is 22.6 Å². The van der Waals surface area contributed by atoms with E-state index in [4.69, 9.17) is 10.2 Å². The Morgan fingerprint density at radius 2 is 1.95 bits per heavy atom. The number of oxazole rings is 1. The van der Waals surface area contributed by atoms with Gasteiger partial charge in [0.25, 0.3) is 0 Å². The van der Waals surface area contributed by atoms with Gasteiger partial charge in [0.1, 0.15) is 22.7 Å². The first kappa shape index (κ1) is 11.6. The Hall–Kier alpha value is -2.43. The highest BCUT2D eigenvalue weighted by Gasteiger charge is 2.19. The van der Waals surface area contributed by atoms with Crippen molar-refractivity contribution in [2.75, 3.05) is 5.73 Å². The van der Waals surface area contributed by atoms with E-state index in [0.717, 1.165) is 0 Å². The van der Waals surface area contributed by atoms with E-state index in [1.165, 1.54) is 12.1 Å². The van der Waals surface area contributed by atoms with Crippen LogP contribution in [0.4, 0.5) is 14.5 Å². The van der Waals surface area contributed by atoms with Crippen molar-refractivity contribution in [3.8, 4) is 11.5 Å². The van der Waals surface area contributed by atoms with E-state index < -0.39 is 11.6 Å². The molecule has 0 spiro atoms. The largest absolute Gasteiger partial charge is 0.436 e. The van der Waals surface area contributed by atoms with E-state index in [-0.39, 0.29) is 11.5 Å². The molecule has 0 amide bonds. The maximum atomic E-state index is 14.0. The Bertz CT molecular complexity index is 780. The van der Waals surface area contributed by atoms with Crippen LogP contribution in [0, 0.1) is 18.6 Å². The van der Waals surface area contributed by atoms with Crippen molar-refractivity contribution in [1.29, 1.82) is 0 Å². The standard InChI is InChI=1S/C14H10F2N2O/c1-7-2-4-9(15)12(13(7)16)14-18-10-5-3-8(17)6-11(10)19-14/h2-6H,17H2,1H3. The van der Waals surface area contributed by atoms with Gasteiger partial charge in [0.2, 0.25) is 5.89 Å². The number of aryl methyl sites for hydroxylation is 1. The van der Waals surface area contributed by atoms with E-state index in [9.17, 15) is 8.78 Å². The molecular weight excluding hydrogens is 250 g/mol. The lowest BCUT2D eigenvalue weighted by Crippen LogP contribution is -1.93. The average molecular weight is 260 g/mol. The van der Waals surface area contributed by atoms with E-state index in [1.54, 1.807) is 25.1 Å². The van der Waals surface area contributed by atoms with Crippen LogP contribution in [0.1, 0.15) is 5.56 Å². The molecule has 3 nitrogen and oxygen atoms in total. The van der Waals surface area contributed by atoms with Gasteiger partial charge in [-0.05, 0) is 30.7 Å². The highest BCUT2D eigenvalue weighted by atomic mass is 19.1. The van der Waals surface area contributed by atoms with Gasteiger partial charge in [0.15, 0.2) is 5.58 Å².